The summed E-state index contributed by atoms with van der Waals surface area (Å²) in [4.78, 5) is 19.4. The molecule has 0 fully saturated rings. The average Bonchev–Trinajstić information content (AvgIpc) is 1.63. The Morgan fingerprint density at radius 1 is 1.23 bits per heavy atom. The van der Waals surface area contributed by atoms with Gasteiger partial charge in [0.1, 0.15) is 0 Å². The minimum absolute atomic E-state index is 0. The van der Waals surface area contributed by atoms with Gasteiger partial charge in [-0.1, -0.05) is 0 Å². The third-order valence-electron chi connectivity index (χ3n) is 0.615. The molecule has 0 aliphatic heterocycles. The van der Waals surface area contributed by atoms with Gasteiger partial charge in [-0.15, -0.1) is 5.25 Å². The molecule has 1 unspecified atom stereocenters. The second kappa shape index (κ2) is 16.4. The van der Waals surface area contributed by atoms with Crippen LogP contribution in [0.4, 0.5) is 0 Å². The van der Waals surface area contributed by atoms with Crippen molar-refractivity contribution in [1.29, 1.82) is 0 Å². The van der Waals surface area contributed by atoms with Crippen molar-refractivity contribution < 1.29 is 107 Å². The molecule has 0 amide bonds. The summed E-state index contributed by atoms with van der Waals surface area (Å²) in [5.41, 5.74) is 0. The maximum atomic E-state index is 9.73. The molecule has 0 bridgehead atoms. The van der Waals surface area contributed by atoms with Crippen LogP contribution in [0.3, 0.4) is 0 Å². The molecule has 0 radical (unpaired) electrons. The summed E-state index contributed by atoms with van der Waals surface area (Å²) in [7, 11) is 0. The van der Waals surface area contributed by atoms with Crippen molar-refractivity contribution in [3.8, 4) is 0 Å². The minimum atomic E-state index is -1.55. The fourth-order valence-corrected chi connectivity index (χ4v) is 0.371. The van der Waals surface area contributed by atoms with Crippen LogP contribution in [-0.4, -0.2) is 22.7 Å². The van der Waals surface area contributed by atoms with Crippen molar-refractivity contribution in [1.82, 2.24) is 0 Å². The first-order valence-electron chi connectivity index (χ1n) is 2.10. The van der Waals surface area contributed by atoms with E-state index in [0.717, 1.165) is 0 Å². The summed E-state index contributed by atoms with van der Waals surface area (Å²) in [6, 6.07) is 0. The second-order valence-electron chi connectivity index (χ2n) is 1.38. The summed E-state index contributed by atoms with van der Waals surface area (Å²) in [5, 5.41) is 18.0. The summed E-state index contributed by atoms with van der Waals surface area (Å²) in [5.74, 6) is -3.02. The van der Waals surface area contributed by atoms with Crippen LogP contribution in [0.5, 0.6) is 0 Å². The first-order chi connectivity index (χ1) is 4.04. The molecule has 70 valence electrons. The number of carboxylic acids is 2. The van der Waals surface area contributed by atoms with Crippen molar-refractivity contribution in [3.63, 3.8) is 0 Å². The third kappa shape index (κ3) is 20.2. The number of rotatable bonds is 3. The van der Waals surface area contributed by atoms with Crippen LogP contribution < -0.4 is 69.3 Å². The normalized spacial score (nSPS) is 8.69. The molecule has 0 aromatic rings. The Hall–Kier alpha value is 1.99. The van der Waals surface area contributed by atoms with E-state index in [4.69, 9.17) is 0 Å². The van der Waals surface area contributed by atoms with Gasteiger partial charge in [0, 0.05) is 11.9 Å². The van der Waals surface area contributed by atoms with Gasteiger partial charge in [-0.25, -0.2) is 0 Å². The van der Waals surface area contributed by atoms with E-state index >= 15 is 0 Å². The molecule has 0 aromatic heterocycles. The van der Waals surface area contributed by atoms with Gasteiger partial charge in [-0.3, -0.25) is 0 Å². The predicted octanol–water partition coefficient (Wildman–Crippen LogP) is -10.0. The van der Waals surface area contributed by atoms with Crippen LogP contribution >= 0.6 is 0 Å². The van der Waals surface area contributed by atoms with Gasteiger partial charge < -0.3 is 37.9 Å². The van der Waals surface area contributed by atoms with Gasteiger partial charge >= 0.3 is 81.5 Å². The molecule has 0 aromatic carbocycles. The molecule has 2 N–H and O–H groups in total. The van der Waals surface area contributed by atoms with Gasteiger partial charge in [0.05, 0.1) is 0 Å². The maximum Gasteiger partial charge on any atom is 1.00 e. The average molecular weight is 408 g/mol. The molecule has 5 nitrogen and oxygen atoms in total. The van der Waals surface area contributed by atoms with E-state index in [1.807, 2.05) is 0 Å². The molecular weight excluding hydrogens is 403 g/mol. The van der Waals surface area contributed by atoms with E-state index in [1.54, 1.807) is 0 Å². The topological polar surface area (TPSA) is 112 Å². The number of aliphatic carboxylic acids is 2. The van der Waals surface area contributed by atoms with Crippen molar-refractivity contribution >= 4 is 24.6 Å². The van der Waals surface area contributed by atoms with Crippen LogP contribution in [-0.2, 0) is 44.6 Å². The summed E-state index contributed by atoms with van der Waals surface area (Å²) in [6.45, 7) is 0. The van der Waals surface area contributed by atoms with E-state index in [9.17, 15) is 19.8 Å². The number of carboxylic acid groups (broad SMARTS) is 2. The van der Waals surface area contributed by atoms with Crippen molar-refractivity contribution in [2.75, 3.05) is 0 Å². The zero-order valence-corrected chi connectivity index (χ0v) is 14.1. The Balaban J connectivity index is -0.0000000533. The zero-order chi connectivity index (χ0) is 7.44. The molecule has 0 saturated carbocycles. The maximum absolute atomic E-state index is 9.73. The fourth-order valence-electron chi connectivity index (χ4n) is 0.235. The molecule has 0 heterocycles. The van der Waals surface area contributed by atoms with Gasteiger partial charge in [0.25, 0.3) is 0 Å². The Labute approximate surface area is 141 Å². The van der Waals surface area contributed by atoms with E-state index in [-0.39, 0.29) is 87.0 Å². The van der Waals surface area contributed by atoms with Gasteiger partial charge in [-0.05, 0) is 6.42 Å². The molecule has 0 aliphatic carbocycles. The molecular formula is C4H5AuNa2O5S. The number of hydrogen-bond acceptors (Lipinski definition) is 5. The van der Waals surface area contributed by atoms with Crippen LogP contribution in [0.25, 0.3) is 0 Å². The van der Waals surface area contributed by atoms with Gasteiger partial charge in [-0.2, -0.15) is 0 Å². The molecule has 0 aliphatic rings. The Morgan fingerprint density at radius 3 is 1.62 bits per heavy atom. The molecule has 1 atom stereocenters. The smallest absolute Gasteiger partial charge is 0.783 e. The molecule has 13 heavy (non-hydrogen) atoms. The van der Waals surface area contributed by atoms with Gasteiger partial charge in [0.2, 0.25) is 0 Å². The third-order valence-corrected chi connectivity index (χ3v) is 0.974. The van der Waals surface area contributed by atoms with Crippen molar-refractivity contribution in [2.24, 2.45) is 0 Å². The zero-order valence-electron chi connectivity index (χ0n) is 7.13. The van der Waals surface area contributed by atoms with Crippen molar-refractivity contribution in [3.05, 3.63) is 0 Å². The molecule has 0 spiro atoms. The SMILES string of the molecule is O.O=C([O-])CC([S-])C(=O)[O-].[Au+].[Na+].[Na+]. The number of carbonyl (C=O) groups excluding carboxylic acids is 2. The summed E-state index contributed by atoms with van der Waals surface area (Å²) in [6.07, 6.45) is -0.669. The van der Waals surface area contributed by atoms with E-state index in [2.05, 4.69) is 12.6 Å². The van der Waals surface area contributed by atoms with E-state index in [0.29, 0.717) is 0 Å². The number of hydrogen-bond donors (Lipinski definition) is 0. The predicted molar refractivity (Wildman–Crippen MR) is 29.4 cm³/mol. The standard InChI is InChI=1S/C4H6O4S.Au.2Na.H2O/c5-3(6)1-2(9)4(7)8;;;;/h2,9H,1H2,(H,5,6)(H,7,8);;;;1H2/q;3*+1;/p-3. The fraction of sp³-hybridized carbons (Fsp3) is 0.500. The second-order valence-corrected chi connectivity index (χ2v) is 1.95. The van der Waals surface area contributed by atoms with Crippen LogP contribution in [0, 0.1) is 0 Å². The van der Waals surface area contributed by atoms with Crippen LogP contribution in [0.1, 0.15) is 6.42 Å². The minimum Gasteiger partial charge on any atom is -0.783 e. The summed E-state index contributed by atoms with van der Waals surface area (Å²) < 4.78 is 0. The van der Waals surface area contributed by atoms with E-state index < -0.39 is 23.6 Å². The Bertz CT molecular complexity index is 146. The van der Waals surface area contributed by atoms with E-state index in [1.165, 1.54) is 0 Å². The first-order valence-corrected chi connectivity index (χ1v) is 2.57. The molecule has 0 rings (SSSR count). The van der Waals surface area contributed by atoms with Crippen molar-refractivity contribution in [2.45, 2.75) is 11.7 Å². The quantitative estimate of drug-likeness (QED) is 0.340. The molecule has 0 saturated heterocycles. The van der Waals surface area contributed by atoms with Crippen LogP contribution in [0.15, 0.2) is 0 Å². The van der Waals surface area contributed by atoms with Crippen LogP contribution in [0.2, 0.25) is 0 Å². The largest absolute Gasteiger partial charge is 1.00 e. The Kier molecular flexibility index (Phi) is 37.1. The monoisotopic (exact) mass is 408 g/mol. The Morgan fingerprint density at radius 2 is 1.54 bits per heavy atom. The number of carbonyl (C=O) groups is 2. The summed E-state index contributed by atoms with van der Waals surface area (Å²) >= 11 is 4.15. The van der Waals surface area contributed by atoms with Gasteiger partial charge in [0.15, 0.2) is 0 Å². The first kappa shape index (κ1) is 29.4. The molecule has 9 heteroatoms.